The van der Waals surface area contributed by atoms with Crippen molar-refractivity contribution in [2.24, 2.45) is 0 Å². The highest BCUT2D eigenvalue weighted by Gasteiger charge is 2.47. The molecule has 2 aromatic carbocycles. The summed E-state index contributed by atoms with van der Waals surface area (Å²) < 4.78 is 26.3. The lowest BCUT2D eigenvalue weighted by molar-refractivity contribution is -0.152. The molecule has 40 heavy (non-hydrogen) atoms. The Morgan fingerprint density at radius 3 is 2.02 bits per heavy atom. The summed E-state index contributed by atoms with van der Waals surface area (Å²) in [6.07, 6.45) is 1.55. The van der Waals surface area contributed by atoms with E-state index in [1.54, 1.807) is 35.2 Å². The van der Waals surface area contributed by atoms with E-state index >= 15 is 0 Å². The molecule has 216 valence electrons. The number of amides is 2. The van der Waals surface area contributed by atoms with Gasteiger partial charge in [0.2, 0.25) is 0 Å². The maximum absolute atomic E-state index is 13.2. The van der Waals surface area contributed by atoms with Gasteiger partial charge >= 0.3 is 0 Å². The summed E-state index contributed by atoms with van der Waals surface area (Å²) in [5.41, 5.74) is -0.711. The monoisotopic (exact) mass is 634 g/mol. The van der Waals surface area contributed by atoms with Crippen LogP contribution < -0.4 is 5.32 Å². The van der Waals surface area contributed by atoms with Gasteiger partial charge in [-0.2, -0.15) is 0 Å². The Bertz CT molecular complexity index is 1280. The van der Waals surface area contributed by atoms with Gasteiger partial charge in [-0.15, -0.1) is 0 Å². The number of carbonyl (C=O) groups excluding carboxylic acids is 2. The van der Waals surface area contributed by atoms with Gasteiger partial charge < -0.3 is 20.2 Å². The Morgan fingerprint density at radius 2 is 1.50 bits per heavy atom. The van der Waals surface area contributed by atoms with Crippen molar-refractivity contribution in [3.63, 3.8) is 0 Å². The fourth-order valence-corrected chi connectivity index (χ4v) is 6.69. The molecule has 3 saturated heterocycles. The number of nitrogens with zero attached hydrogens (tertiary/aromatic N) is 3. The number of alkyl halides is 2. The zero-order chi connectivity index (χ0) is 29.0. The minimum atomic E-state index is -2.87. The van der Waals surface area contributed by atoms with Gasteiger partial charge in [0.15, 0.2) is 5.60 Å². The van der Waals surface area contributed by atoms with Crippen molar-refractivity contribution in [1.82, 2.24) is 14.7 Å². The number of hydrogen-bond donors (Lipinski definition) is 2. The molecule has 0 aromatic heterocycles. The van der Waals surface area contributed by atoms with Gasteiger partial charge in [0.05, 0.1) is 34.7 Å². The van der Waals surface area contributed by atoms with Crippen molar-refractivity contribution >= 4 is 63.9 Å². The highest BCUT2D eigenvalue weighted by Crippen LogP contribution is 2.36. The lowest BCUT2D eigenvalue weighted by Gasteiger charge is -2.48. The molecule has 2 amide bonds. The molecule has 3 aliphatic rings. The third kappa shape index (κ3) is 6.01. The predicted octanol–water partition coefficient (Wildman–Crippen LogP) is 5.39. The molecule has 1 atom stereocenters. The van der Waals surface area contributed by atoms with Crippen LogP contribution in [-0.4, -0.2) is 88.9 Å². The van der Waals surface area contributed by atoms with Crippen LogP contribution in [0.4, 0.5) is 14.5 Å². The Balaban J connectivity index is 1.11. The second kappa shape index (κ2) is 11.1. The zero-order valence-electron chi connectivity index (χ0n) is 21.6. The molecule has 2 N–H and O–H groups in total. The minimum Gasteiger partial charge on any atom is -0.380 e. The Hall–Kier alpha value is -1.88. The molecular formula is C27H28Cl4F2N4O3. The van der Waals surface area contributed by atoms with Crippen molar-refractivity contribution in [2.75, 3.05) is 44.6 Å². The number of carbonyl (C=O) groups is 2. The van der Waals surface area contributed by atoms with Crippen molar-refractivity contribution in [3.05, 3.63) is 61.5 Å². The molecule has 0 spiro atoms. The molecule has 7 nitrogen and oxygen atoms in total. The molecule has 0 saturated carbocycles. The van der Waals surface area contributed by atoms with Gasteiger partial charge in [0.25, 0.3) is 17.7 Å². The fourth-order valence-electron chi connectivity index (χ4n) is 5.51. The van der Waals surface area contributed by atoms with Gasteiger partial charge in [0.1, 0.15) is 0 Å². The summed E-state index contributed by atoms with van der Waals surface area (Å²) in [7, 11) is 0. The van der Waals surface area contributed by atoms with Crippen molar-refractivity contribution in [1.29, 1.82) is 0 Å². The number of hydrogen-bond acceptors (Lipinski definition) is 5. The van der Waals surface area contributed by atoms with Crippen LogP contribution in [0, 0.1) is 0 Å². The average molecular weight is 636 g/mol. The number of halogens is 6. The maximum Gasteiger partial charge on any atom is 0.282 e. The van der Waals surface area contributed by atoms with E-state index in [0.29, 0.717) is 40.4 Å². The fraction of sp³-hybridized carbons (Fsp3) is 0.481. The predicted molar refractivity (Wildman–Crippen MR) is 152 cm³/mol. The molecule has 13 heteroatoms. The van der Waals surface area contributed by atoms with E-state index < -0.39 is 30.5 Å². The van der Waals surface area contributed by atoms with Gasteiger partial charge in [-0.1, -0.05) is 46.4 Å². The molecule has 5 rings (SSSR count). The van der Waals surface area contributed by atoms with E-state index in [1.165, 1.54) is 6.92 Å². The van der Waals surface area contributed by atoms with Crippen LogP contribution >= 0.6 is 46.4 Å². The smallest absolute Gasteiger partial charge is 0.282 e. The second-order valence-corrected chi connectivity index (χ2v) is 12.6. The number of nitrogens with one attached hydrogen (secondary N) is 1. The molecule has 3 heterocycles. The van der Waals surface area contributed by atoms with Crippen molar-refractivity contribution in [2.45, 2.75) is 43.4 Å². The van der Waals surface area contributed by atoms with E-state index in [4.69, 9.17) is 46.4 Å². The summed E-state index contributed by atoms with van der Waals surface area (Å²) >= 11 is 24.8. The molecule has 0 aliphatic carbocycles. The van der Waals surface area contributed by atoms with Crippen LogP contribution in [-0.2, 0) is 10.4 Å². The molecule has 0 bridgehead atoms. The second-order valence-electron chi connectivity index (χ2n) is 10.9. The quantitative estimate of drug-likeness (QED) is 0.446. The summed E-state index contributed by atoms with van der Waals surface area (Å²) in [5, 5.41) is 15.3. The first kappa shape index (κ1) is 29.6. The molecule has 0 radical (unpaired) electrons. The third-order valence-electron chi connectivity index (χ3n) is 7.78. The van der Waals surface area contributed by atoms with E-state index in [0.717, 1.165) is 30.8 Å². The number of likely N-dealkylation sites (tertiary alicyclic amines) is 3. The van der Waals surface area contributed by atoms with Gasteiger partial charge in [0, 0.05) is 48.0 Å². The van der Waals surface area contributed by atoms with Crippen LogP contribution in [0.2, 0.25) is 20.1 Å². The summed E-state index contributed by atoms with van der Waals surface area (Å²) in [4.78, 5) is 30.7. The maximum atomic E-state index is 13.2. The lowest BCUT2D eigenvalue weighted by atomic mass is 9.92. The van der Waals surface area contributed by atoms with Crippen LogP contribution in [0.15, 0.2) is 30.3 Å². The normalized spacial score (nSPS) is 21.4. The summed E-state index contributed by atoms with van der Waals surface area (Å²) in [5.74, 6) is -3.86. The molecule has 2 aromatic rings. The van der Waals surface area contributed by atoms with Crippen molar-refractivity contribution < 1.29 is 23.5 Å². The van der Waals surface area contributed by atoms with E-state index in [9.17, 15) is 23.5 Å². The first-order valence-corrected chi connectivity index (χ1v) is 14.4. The van der Waals surface area contributed by atoms with Crippen LogP contribution in [0.1, 0.15) is 35.7 Å². The number of rotatable bonds is 6. The number of aliphatic hydroxyl groups is 1. The Morgan fingerprint density at radius 1 is 0.950 bits per heavy atom. The first-order chi connectivity index (χ1) is 18.7. The van der Waals surface area contributed by atoms with Gasteiger partial charge in [-0.3, -0.25) is 14.5 Å². The molecule has 0 unspecified atom stereocenters. The average Bonchev–Trinajstić information content (AvgIpc) is 2.83. The number of benzene rings is 2. The largest absolute Gasteiger partial charge is 0.380 e. The zero-order valence-corrected chi connectivity index (χ0v) is 24.6. The topological polar surface area (TPSA) is 76.1 Å². The highest BCUT2D eigenvalue weighted by molar-refractivity contribution is 6.40. The highest BCUT2D eigenvalue weighted by atomic mass is 35.5. The Labute approximate surface area is 250 Å². The number of piperidine rings is 1. The third-order valence-corrected chi connectivity index (χ3v) is 8.81. The first-order valence-electron chi connectivity index (χ1n) is 12.9. The van der Waals surface area contributed by atoms with Crippen LogP contribution in [0.5, 0.6) is 0 Å². The Kier molecular flexibility index (Phi) is 8.20. The molecular weight excluding hydrogens is 608 g/mol. The minimum absolute atomic E-state index is 0.0263. The van der Waals surface area contributed by atoms with Gasteiger partial charge in [-0.25, -0.2) is 8.78 Å². The summed E-state index contributed by atoms with van der Waals surface area (Å²) in [6.45, 7) is 2.77. The SMILES string of the molecule is C[C@@](O)(C(=O)N1CCC(N2CC(Nc3cc(Cl)c(C(=O)N4CC(F)(F)C4)c(Cl)c3)C2)CC1)c1cc(Cl)cc(Cl)c1. The van der Waals surface area contributed by atoms with E-state index in [2.05, 4.69) is 10.2 Å². The van der Waals surface area contributed by atoms with E-state index in [-0.39, 0.29) is 27.6 Å². The van der Waals surface area contributed by atoms with E-state index in [1.807, 2.05) is 0 Å². The lowest BCUT2D eigenvalue weighted by Crippen LogP contribution is -2.61. The van der Waals surface area contributed by atoms with Gasteiger partial charge in [-0.05, 0) is 55.7 Å². The summed E-state index contributed by atoms with van der Waals surface area (Å²) in [6, 6.07) is 8.25. The molecule has 3 fully saturated rings. The van der Waals surface area contributed by atoms with Crippen LogP contribution in [0.25, 0.3) is 0 Å². The molecule has 3 aliphatic heterocycles. The number of anilines is 1. The van der Waals surface area contributed by atoms with Crippen LogP contribution in [0.3, 0.4) is 0 Å². The van der Waals surface area contributed by atoms with Crippen molar-refractivity contribution in [3.8, 4) is 0 Å². The standard InChI is InChI=1S/C27H28Cl4F2N4O3/c1-26(40,15-6-16(28)8-17(29)7-15)25(39)35-4-2-20(3-5-35)36-11-19(12-36)34-18-9-21(30)23(22(31)10-18)24(38)37-13-27(32,33)14-37/h6-10,19-20,34,40H,2-5,11-14H2,1H3/t26-/m0/s1.